The Morgan fingerprint density at radius 3 is 2.81 bits per heavy atom. The third-order valence-electron chi connectivity index (χ3n) is 3.23. The second-order valence-corrected chi connectivity index (χ2v) is 5.67. The lowest BCUT2D eigenvalue weighted by atomic mass is 10.1. The van der Waals surface area contributed by atoms with Gasteiger partial charge in [0.1, 0.15) is 5.75 Å². The standard InChI is InChI=1S/C15H16N4OS/c1-20-12-7-3-2-6-11(12)13(10-16)21-15-18-17-14-8-4-5-9-19(14)15/h2-9,13H,10,16H2,1H3. The molecule has 0 aliphatic heterocycles. The minimum absolute atomic E-state index is 0.0637. The lowest BCUT2D eigenvalue weighted by molar-refractivity contribution is 0.409. The van der Waals surface area contributed by atoms with E-state index in [1.807, 2.05) is 53.1 Å². The number of fused-ring (bicyclic) bond motifs is 1. The quantitative estimate of drug-likeness (QED) is 0.734. The highest BCUT2D eigenvalue weighted by Crippen LogP contribution is 2.37. The van der Waals surface area contributed by atoms with Crippen molar-refractivity contribution in [2.45, 2.75) is 10.4 Å². The van der Waals surface area contributed by atoms with Crippen molar-refractivity contribution in [2.24, 2.45) is 5.73 Å². The highest BCUT2D eigenvalue weighted by atomic mass is 32.2. The normalized spacial score (nSPS) is 12.5. The SMILES string of the molecule is COc1ccccc1C(CN)Sc1nnc2ccccn12. The number of aromatic nitrogens is 3. The fourth-order valence-corrected chi connectivity index (χ4v) is 3.23. The van der Waals surface area contributed by atoms with E-state index >= 15 is 0 Å². The molecule has 0 radical (unpaired) electrons. The van der Waals surface area contributed by atoms with Crippen LogP contribution in [-0.2, 0) is 0 Å². The number of methoxy groups -OCH3 is 1. The monoisotopic (exact) mass is 300 g/mol. The Kier molecular flexibility index (Phi) is 4.08. The summed E-state index contributed by atoms with van der Waals surface area (Å²) in [4.78, 5) is 0. The molecule has 21 heavy (non-hydrogen) atoms. The Morgan fingerprint density at radius 1 is 1.19 bits per heavy atom. The molecule has 0 fully saturated rings. The Hall–Kier alpha value is -2.05. The summed E-state index contributed by atoms with van der Waals surface area (Å²) in [6, 6.07) is 13.8. The van der Waals surface area contributed by atoms with E-state index in [2.05, 4.69) is 10.2 Å². The molecule has 1 aromatic carbocycles. The van der Waals surface area contributed by atoms with Crippen molar-refractivity contribution in [3.05, 3.63) is 54.2 Å². The number of nitrogens with two attached hydrogens (primary N) is 1. The largest absolute Gasteiger partial charge is 0.496 e. The molecular formula is C15H16N4OS. The van der Waals surface area contributed by atoms with Crippen LogP contribution >= 0.6 is 11.8 Å². The molecule has 0 bridgehead atoms. The van der Waals surface area contributed by atoms with Crippen molar-refractivity contribution in [1.82, 2.24) is 14.6 Å². The number of para-hydroxylation sites is 1. The summed E-state index contributed by atoms with van der Waals surface area (Å²) in [7, 11) is 1.67. The predicted molar refractivity (Wildman–Crippen MR) is 83.6 cm³/mol. The minimum atomic E-state index is 0.0637. The fourth-order valence-electron chi connectivity index (χ4n) is 2.20. The molecule has 1 unspecified atom stereocenters. The molecule has 0 saturated heterocycles. The van der Waals surface area contributed by atoms with Crippen LogP contribution < -0.4 is 10.5 Å². The van der Waals surface area contributed by atoms with E-state index in [4.69, 9.17) is 10.5 Å². The van der Waals surface area contributed by atoms with Gasteiger partial charge in [0, 0.05) is 18.3 Å². The van der Waals surface area contributed by atoms with Crippen LogP contribution in [0.1, 0.15) is 10.8 Å². The highest BCUT2D eigenvalue weighted by Gasteiger charge is 2.18. The van der Waals surface area contributed by atoms with Gasteiger partial charge in [-0.2, -0.15) is 0 Å². The number of pyridine rings is 1. The fraction of sp³-hybridized carbons (Fsp3) is 0.200. The topological polar surface area (TPSA) is 65.4 Å². The smallest absolute Gasteiger partial charge is 0.196 e. The highest BCUT2D eigenvalue weighted by molar-refractivity contribution is 7.99. The lowest BCUT2D eigenvalue weighted by Crippen LogP contribution is -2.11. The molecule has 5 nitrogen and oxygen atoms in total. The van der Waals surface area contributed by atoms with Gasteiger partial charge in [0.15, 0.2) is 10.8 Å². The molecule has 6 heteroatoms. The zero-order valence-corrected chi connectivity index (χ0v) is 12.5. The number of nitrogens with zero attached hydrogens (tertiary/aromatic N) is 3. The van der Waals surface area contributed by atoms with E-state index in [-0.39, 0.29) is 5.25 Å². The predicted octanol–water partition coefficient (Wildman–Crippen LogP) is 2.53. The average Bonchev–Trinajstić information content (AvgIpc) is 2.95. The maximum Gasteiger partial charge on any atom is 0.196 e. The van der Waals surface area contributed by atoms with Gasteiger partial charge in [0.05, 0.1) is 12.4 Å². The number of hydrogen-bond donors (Lipinski definition) is 1. The van der Waals surface area contributed by atoms with Crippen molar-refractivity contribution in [2.75, 3.05) is 13.7 Å². The van der Waals surface area contributed by atoms with Crippen LogP contribution in [0.4, 0.5) is 0 Å². The van der Waals surface area contributed by atoms with Crippen molar-refractivity contribution in [3.63, 3.8) is 0 Å². The lowest BCUT2D eigenvalue weighted by Gasteiger charge is -2.16. The van der Waals surface area contributed by atoms with Crippen LogP contribution in [0.3, 0.4) is 0 Å². The van der Waals surface area contributed by atoms with Crippen LogP contribution in [0.2, 0.25) is 0 Å². The van der Waals surface area contributed by atoms with E-state index in [0.29, 0.717) is 6.54 Å². The van der Waals surface area contributed by atoms with Crippen molar-refractivity contribution in [3.8, 4) is 5.75 Å². The summed E-state index contributed by atoms with van der Waals surface area (Å²) in [5.41, 5.74) is 7.85. The Morgan fingerprint density at radius 2 is 2.00 bits per heavy atom. The van der Waals surface area contributed by atoms with Crippen LogP contribution in [0.5, 0.6) is 5.75 Å². The van der Waals surface area contributed by atoms with E-state index in [1.54, 1.807) is 18.9 Å². The molecule has 0 saturated carbocycles. The van der Waals surface area contributed by atoms with Gasteiger partial charge in [0.2, 0.25) is 0 Å². The molecule has 3 aromatic rings. The van der Waals surface area contributed by atoms with E-state index in [1.165, 1.54) is 0 Å². The first kappa shape index (κ1) is 13.9. The van der Waals surface area contributed by atoms with E-state index in [9.17, 15) is 0 Å². The second-order valence-electron chi connectivity index (χ2n) is 4.50. The van der Waals surface area contributed by atoms with Gasteiger partial charge < -0.3 is 10.5 Å². The summed E-state index contributed by atoms with van der Waals surface area (Å²) in [6.45, 7) is 0.493. The third-order valence-corrected chi connectivity index (χ3v) is 4.45. The maximum atomic E-state index is 5.96. The Balaban J connectivity index is 1.94. The summed E-state index contributed by atoms with van der Waals surface area (Å²) in [6.07, 6.45) is 1.95. The molecule has 0 aliphatic rings. The van der Waals surface area contributed by atoms with Gasteiger partial charge in [0.25, 0.3) is 0 Å². The first-order valence-electron chi connectivity index (χ1n) is 6.63. The maximum absolute atomic E-state index is 5.96. The van der Waals surface area contributed by atoms with Gasteiger partial charge in [-0.15, -0.1) is 10.2 Å². The molecule has 0 spiro atoms. The van der Waals surface area contributed by atoms with Crippen molar-refractivity contribution < 1.29 is 4.74 Å². The molecule has 0 amide bonds. The molecule has 2 heterocycles. The molecule has 1 atom stereocenters. The molecule has 2 aromatic heterocycles. The zero-order chi connectivity index (χ0) is 14.7. The zero-order valence-electron chi connectivity index (χ0n) is 11.6. The third kappa shape index (κ3) is 2.72. The molecule has 0 aliphatic carbocycles. The number of ether oxygens (including phenoxy) is 1. The number of hydrogen-bond acceptors (Lipinski definition) is 5. The summed E-state index contributed by atoms with van der Waals surface area (Å²) >= 11 is 1.59. The summed E-state index contributed by atoms with van der Waals surface area (Å²) in [5.74, 6) is 0.842. The summed E-state index contributed by atoms with van der Waals surface area (Å²) < 4.78 is 7.38. The minimum Gasteiger partial charge on any atom is -0.496 e. The van der Waals surface area contributed by atoms with Gasteiger partial charge in [-0.05, 0) is 18.2 Å². The van der Waals surface area contributed by atoms with Gasteiger partial charge >= 0.3 is 0 Å². The molecular weight excluding hydrogens is 284 g/mol. The number of thioether (sulfide) groups is 1. The summed E-state index contributed by atoms with van der Waals surface area (Å²) in [5, 5.41) is 9.30. The van der Waals surface area contributed by atoms with Crippen LogP contribution in [0.25, 0.3) is 5.65 Å². The van der Waals surface area contributed by atoms with Crippen LogP contribution in [0, 0.1) is 0 Å². The van der Waals surface area contributed by atoms with Gasteiger partial charge in [-0.3, -0.25) is 4.40 Å². The first-order chi connectivity index (χ1) is 10.3. The second kappa shape index (κ2) is 6.15. The molecule has 108 valence electrons. The van der Waals surface area contributed by atoms with Crippen LogP contribution in [-0.4, -0.2) is 28.3 Å². The van der Waals surface area contributed by atoms with Crippen LogP contribution in [0.15, 0.2) is 53.8 Å². The average molecular weight is 300 g/mol. The van der Waals surface area contributed by atoms with Gasteiger partial charge in [-0.25, -0.2) is 0 Å². The van der Waals surface area contributed by atoms with E-state index in [0.717, 1.165) is 22.1 Å². The van der Waals surface area contributed by atoms with Crippen molar-refractivity contribution >= 4 is 17.4 Å². The molecule has 3 rings (SSSR count). The van der Waals surface area contributed by atoms with E-state index < -0.39 is 0 Å². The first-order valence-corrected chi connectivity index (χ1v) is 7.51. The van der Waals surface area contributed by atoms with Gasteiger partial charge in [-0.1, -0.05) is 36.0 Å². The Bertz CT molecular complexity index is 743. The van der Waals surface area contributed by atoms with Crippen molar-refractivity contribution in [1.29, 1.82) is 0 Å². The number of rotatable bonds is 5. The molecule has 2 N–H and O–H groups in total. The Labute approximate surface area is 127 Å². The number of benzene rings is 1.